The van der Waals surface area contributed by atoms with Crippen molar-refractivity contribution in [2.75, 3.05) is 0 Å². The van der Waals surface area contributed by atoms with Crippen molar-refractivity contribution in [1.29, 1.82) is 0 Å². The Balaban J connectivity index is 1.94. The van der Waals surface area contributed by atoms with E-state index in [-0.39, 0.29) is 11.2 Å². The maximum Gasteiger partial charge on any atom is 0.276 e. The fraction of sp³-hybridized carbons (Fsp3) is 0.0500. The topological polar surface area (TPSA) is 90.9 Å². The molecule has 0 atom stereocenters. The number of aromatic nitrogens is 3. The highest BCUT2D eigenvalue weighted by molar-refractivity contribution is 5.90. The van der Waals surface area contributed by atoms with Gasteiger partial charge in [-0.2, -0.15) is 5.10 Å². The van der Waals surface area contributed by atoms with Crippen molar-refractivity contribution >= 4 is 16.6 Å². The molecule has 0 fully saturated rings. The molecule has 0 aliphatic heterocycles. The summed E-state index contributed by atoms with van der Waals surface area (Å²) in [4.78, 5) is 27.8. The van der Waals surface area contributed by atoms with Gasteiger partial charge in [0.2, 0.25) is 0 Å². The number of non-ortho nitro benzene ring substituents is 1. The summed E-state index contributed by atoms with van der Waals surface area (Å²) in [6.45, 7) is 0.298. The van der Waals surface area contributed by atoms with Crippen molar-refractivity contribution in [3.8, 4) is 11.3 Å². The second kappa shape index (κ2) is 6.80. The summed E-state index contributed by atoms with van der Waals surface area (Å²) in [5.74, 6) is 0. The predicted molar refractivity (Wildman–Crippen MR) is 101 cm³/mol. The smallest absolute Gasteiger partial charge is 0.267 e. The van der Waals surface area contributed by atoms with E-state index in [1.807, 2.05) is 30.3 Å². The molecule has 0 N–H and O–H groups in total. The molecule has 0 amide bonds. The fourth-order valence-corrected chi connectivity index (χ4v) is 2.94. The van der Waals surface area contributed by atoms with Crippen molar-refractivity contribution in [3.63, 3.8) is 0 Å². The summed E-state index contributed by atoms with van der Waals surface area (Å²) in [6, 6.07) is 19.1. The quantitative estimate of drug-likeness (QED) is 0.412. The number of pyridine rings is 1. The van der Waals surface area contributed by atoms with Gasteiger partial charge in [0.1, 0.15) is 11.2 Å². The van der Waals surface area contributed by atoms with E-state index in [4.69, 9.17) is 0 Å². The molecule has 0 aliphatic rings. The third-order valence-electron chi connectivity index (χ3n) is 4.22. The van der Waals surface area contributed by atoms with E-state index in [0.29, 0.717) is 28.7 Å². The number of hydrogen-bond acceptors (Lipinski definition) is 5. The summed E-state index contributed by atoms with van der Waals surface area (Å²) in [5, 5.41) is 16.0. The highest BCUT2D eigenvalue weighted by atomic mass is 16.6. The Labute approximate surface area is 153 Å². The van der Waals surface area contributed by atoms with E-state index in [1.165, 1.54) is 16.8 Å². The van der Waals surface area contributed by atoms with Crippen LogP contribution in [0.5, 0.6) is 0 Å². The zero-order valence-corrected chi connectivity index (χ0v) is 14.1. The lowest BCUT2D eigenvalue weighted by molar-refractivity contribution is -0.384. The van der Waals surface area contributed by atoms with Crippen LogP contribution in [0.3, 0.4) is 0 Å². The zero-order valence-electron chi connectivity index (χ0n) is 14.1. The van der Waals surface area contributed by atoms with Gasteiger partial charge in [-0.1, -0.05) is 42.5 Å². The third kappa shape index (κ3) is 3.18. The molecule has 4 rings (SSSR count). The largest absolute Gasteiger partial charge is 0.276 e. The number of benzene rings is 2. The summed E-state index contributed by atoms with van der Waals surface area (Å²) < 4.78 is 1.37. The van der Waals surface area contributed by atoms with E-state index < -0.39 is 4.92 Å². The minimum atomic E-state index is -0.459. The minimum absolute atomic E-state index is 0.0424. The first-order valence-corrected chi connectivity index (χ1v) is 8.28. The fourth-order valence-electron chi connectivity index (χ4n) is 2.94. The van der Waals surface area contributed by atoms with Gasteiger partial charge in [0.25, 0.3) is 11.2 Å². The molecule has 0 saturated carbocycles. The van der Waals surface area contributed by atoms with Crippen LogP contribution in [0.4, 0.5) is 5.69 Å². The number of fused-ring (bicyclic) bond motifs is 1. The standard InChI is InChI=1S/C20H14N4O3/c25-20-17-10-5-11-21-19(17)18(15-8-4-9-16(12-15)24(26)27)22-23(20)13-14-6-2-1-3-7-14/h1-12H,13H2. The zero-order chi connectivity index (χ0) is 18.8. The van der Waals surface area contributed by atoms with E-state index in [9.17, 15) is 14.9 Å². The van der Waals surface area contributed by atoms with Gasteiger partial charge < -0.3 is 0 Å². The summed E-state index contributed by atoms with van der Waals surface area (Å²) >= 11 is 0. The van der Waals surface area contributed by atoms with Crippen molar-refractivity contribution in [2.45, 2.75) is 6.54 Å². The number of hydrogen-bond donors (Lipinski definition) is 0. The van der Waals surface area contributed by atoms with Crippen LogP contribution in [0, 0.1) is 10.1 Å². The Bertz CT molecular complexity index is 1200. The molecule has 0 saturated heterocycles. The molecular weight excluding hydrogens is 344 g/mol. The monoisotopic (exact) mass is 358 g/mol. The highest BCUT2D eigenvalue weighted by Gasteiger charge is 2.16. The first kappa shape index (κ1) is 16.6. The van der Waals surface area contributed by atoms with Crippen LogP contribution in [0.1, 0.15) is 5.56 Å². The molecule has 2 aromatic carbocycles. The lowest BCUT2D eigenvalue weighted by atomic mass is 10.1. The second-order valence-corrected chi connectivity index (χ2v) is 6.00. The molecule has 2 aromatic heterocycles. The highest BCUT2D eigenvalue weighted by Crippen LogP contribution is 2.26. The van der Waals surface area contributed by atoms with Gasteiger partial charge >= 0.3 is 0 Å². The predicted octanol–water partition coefficient (Wildman–Crippen LogP) is 3.42. The van der Waals surface area contributed by atoms with Crippen molar-refractivity contribution in [3.05, 3.63) is 99.0 Å². The molecule has 7 nitrogen and oxygen atoms in total. The van der Waals surface area contributed by atoms with Gasteiger partial charge in [0, 0.05) is 23.9 Å². The van der Waals surface area contributed by atoms with Crippen LogP contribution >= 0.6 is 0 Å². The van der Waals surface area contributed by atoms with Crippen LogP contribution in [-0.2, 0) is 6.54 Å². The normalized spacial score (nSPS) is 10.8. The van der Waals surface area contributed by atoms with E-state index in [1.54, 1.807) is 30.5 Å². The van der Waals surface area contributed by atoms with Crippen molar-refractivity contribution < 1.29 is 4.92 Å². The number of rotatable bonds is 4. The van der Waals surface area contributed by atoms with Crippen molar-refractivity contribution in [2.24, 2.45) is 0 Å². The molecule has 27 heavy (non-hydrogen) atoms. The van der Waals surface area contributed by atoms with Crippen molar-refractivity contribution in [1.82, 2.24) is 14.8 Å². The summed E-state index contributed by atoms with van der Waals surface area (Å²) in [5.41, 5.74) is 2.03. The van der Waals surface area contributed by atoms with Gasteiger partial charge in [-0.25, -0.2) is 4.68 Å². The first-order valence-electron chi connectivity index (χ1n) is 8.28. The molecule has 0 spiro atoms. The van der Waals surface area contributed by atoms with Gasteiger partial charge in [-0.15, -0.1) is 0 Å². The van der Waals surface area contributed by atoms with Crippen LogP contribution < -0.4 is 5.56 Å². The first-order chi connectivity index (χ1) is 13.1. The maximum absolute atomic E-state index is 12.8. The number of nitrogens with zero attached hydrogens (tertiary/aromatic N) is 4. The SMILES string of the molecule is O=c1c2cccnc2c(-c2cccc([N+](=O)[O-])c2)nn1Cc1ccccc1. The van der Waals surface area contributed by atoms with Gasteiger partial charge in [-0.05, 0) is 17.7 Å². The Morgan fingerprint density at radius 1 is 1.00 bits per heavy atom. The Morgan fingerprint density at radius 2 is 1.81 bits per heavy atom. The van der Waals surface area contributed by atoms with Crippen LogP contribution in [0.2, 0.25) is 0 Å². The third-order valence-corrected chi connectivity index (χ3v) is 4.22. The maximum atomic E-state index is 12.8. The van der Waals surface area contributed by atoms with Gasteiger partial charge in [0.15, 0.2) is 0 Å². The summed E-state index contributed by atoms with van der Waals surface area (Å²) in [6.07, 6.45) is 1.58. The van der Waals surface area contributed by atoms with E-state index in [2.05, 4.69) is 10.1 Å². The Hall–Kier alpha value is -3.87. The molecule has 132 valence electrons. The molecule has 4 aromatic rings. The molecular formula is C20H14N4O3. The molecule has 0 aliphatic carbocycles. The average molecular weight is 358 g/mol. The summed E-state index contributed by atoms with van der Waals surface area (Å²) in [7, 11) is 0. The molecule has 0 unspecified atom stereocenters. The average Bonchev–Trinajstić information content (AvgIpc) is 2.71. The van der Waals surface area contributed by atoms with Crippen LogP contribution in [-0.4, -0.2) is 19.7 Å². The Morgan fingerprint density at radius 3 is 2.59 bits per heavy atom. The number of nitro groups is 1. The molecule has 0 bridgehead atoms. The van der Waals surface area contributed by atoms with Gasteiger partial charge in [0.05, 0.1) is 16.9 Å². The molecule has 2 heterocycles. The van der Waals surface area contributed by atoms with Crippen LogP contribution in [0.15, 0.2) is 77.7 Å². The molecule has 0 radical (unpaired) electrons. The van der Waals surface area contributed by atoms with Crippen LogP contribution in [0.25, 0.3) is 22.2 Å². The van der Waals surface area contributed by atoms with E-state index in [0.717, 1.165) is 5.56 Å². The minimum Gasteiger partial charge on any atom is -0.267 e. The lowest BCUT2D eigenvalue weighted by Gasteiger charge is -2.10. The number of nitro benzene ring substituents is 1. The lowest BCUT2D eigenvalue weighted by Crippen LogP contribution is -2.24. The van der Waals surface area contributed by atoms with E-state index >= 15 is 0 Å². The molecule has 7 heteroatoms. The second-order valence-electron chi connectivity index (χ2n) is 6.00. The van der Waals surface area contributed by atoms with Gasteiger partial charge in [-0.3, -0.25) is 19.9 Å². The Kier molecular flexibility index (Phi) is 4.18.